The third-order valence-electron chi connectivity index (χ3n) is 10.4. The Labute approximate surface area is 351 Å². The van der Waals surface area contributed by atoms with Gasteiger partial charge in [-0.1, -0.05) is 209 Å². The number of hydrogen-bond acceptors (Lipinski definition) is 5. The number of allylic oxidation sites excluding steroid dienone is 12. The van der Waals surface area contributed by atoms with Crippen molar-refractivity contribution in [2.24, 2.45) is 0 Å². The monoisotopic (exact) mass is 796 g/mol. The minimum atomic E-state index is -0.800. The number of ether oxygens (including phenoxy) is 1. The number of nitrogens with one attached hydrogen (secondary N) is 1. The summed E-state index contributed by atoms with van der Waals surface area (Å²) in [6, 6.07) is -0.716. The Bertz CT molecular complexity index is 1070. The second-order valence-electron chi connectivity index (χ2n) is 15.9. The predicted octanol–water partition coefficient (Wildman–Crippen LogP) is 13.8. The van der Waals surface area contributed by atoms with Crippen LogP contribution in [-0.2, 0) is 14.3 Å². The lowest BCUT2D eigenvalue weighted by Gasteiger charge is -2.24. The first-order valence-electron chi connectivity index (χ1n) is 23.7. The highest BCUT2D eigenvalue weighted by Crippen LogP contribution is 2.17. The molecule has 3 atom stereocenters. The lowest BCUT2D eigenvalue weighted by atomic mass is 10.0. The molecule has 0 bridgehead atoms. The van der Waals surface area contributed by atoms with Crippen LogP contribution in [0.5, 0.6) is 0 Å². The van der Waals surface area contributed by atoms with Crippen LogP contribution in [0.3, 0.4) is 0 Å². The first-order valence-corrected chi connectivity index (χ1v) is 23.7. The van der Waals surface area contributed by atoms with Crippen LogP contribution in [0.15, 0.2) is 72.9 Å². The van der Waals surface area contributed by atoms with Gasteiger partial charge in [0.1, 0.15) is 6.10 Å². The molecule has 0 fully saturated rings. The van der Waals surface area contributed by atoms with Crippen molar-refractivity contribution in [2.45, 2.75) is 232 Å². The van der Waals surface area contributed by atoms with Crippen LogP contribution in [0, 0.1) is 0 Å². The molecular formula is C51H89NO5. The van der Waals surface area contributed by atoms with Crippen LogP contribution in [0.25, 0.3) is 0 Å². The molecule has 3 unspecified atom stereocenters. The smallest absolute Gasteiger partial charge is 0.306 e. The maximum Gasteiger partial charge on any atom is 0.306 e. The van der Waals surface area contributed by atoms with Gasteiger partial charge in [-0.2, -0.15) is 0 Å². The van der Waals surface area contributed by atoms with Gasteiger partial charge in [0.25, 0.3) is 0 Å². The summed E-state index contributed by atoms with van der Waals surface area (Å²) in [5, 5.41) is 23.7. The highest BCUT2D eigenvalue weighted by molar-refractivity contribution is 5.77. The highest BCUT2D eigenvalue weighted by Gasteiger charge is 2.24. The number of amides is 1. The highest BCUT2D eigenvalue weighted by atomic mass is 16.5. The second-order valence-corrected chi connectivity index (χ2v) is 15.9. The van der Waals surface area contributed by atoms with Crippen LogP contribution < -0.4 is 5.32 Å². The molecule has 3 N–H and O–H groups in total. The van der Waals surface area contributed by atoms with Crippen LogP contribution in [0.2, 0.25) is 0 Å². The topological polar surface area (TPSA) is 95.9 Å². The predicted molar refractivity (Wildman–Crippen MR) is 245 cm³/mol. The Morgan fingerprint density at radius 3 is 1.44 bits per heavy atom. The van der Waals surface area contributed by atoms with E-state index in [2.05, 4.69) is 86.8 Å². The maximum atomic E-state index is 13.1. The third-order valence-corrected chi connectivity index (χ3v) is 10.4. The summed E-state index contributed by atoms with van der Waals surface area (Å²) in [7, 11) is 0. The second kappa shape index (κ2) is 44.4. The number of unbranched alkanes of at least 4 members (excludes halogenated alkanes) is 21. The SMILES string of the molecule is CC/C=C/C=C/C=C\CCCCCC(CC(=O)NC(CO)C(O)CCCCCCCCCCCCCC)OC(=O)CCCCCCCCC/C=C/C=C/C=C/CC. The Morgan fingerprint density at radius 1 is 0.526 bits per heavy atom. The first-order chi connectivity index (χ1) is 28.0. The summed E-state index contributed by atoms with van der Waals surface area (Å²) < 4.78 is 5.89. The van der Waals surface area contributed by atoms with Gasteiger partial charge < -0.3 is 20.3 Å². The molecule has 328 valence electrons. The standard InChI is InChI=1S/C51H89NO5/c1-4-7-10-13-16-19-22-24-25-26-29-32-35-38-41-44-51(56)57-47(42-39-36-33-30-27-21-18-15-12-9-6-3)45-50(55)52-48(46-53)49(54)43-40-37-34-31-28-23-20-17-14-11-8-5-2/h7,9-10,12-13,15-16,18-19,21-22,27,47-49,53-54H,4-6,8,11,14,17,20,23-26,28-46H2,1-3H3,(H,52,55)/b10-7+,12-9+,16-13+,18-15+,22-19+,27-21-. The van der Waals surface area contributed by atoms with Gasteiger partial charge in [-0.05, 0) is 64.2 Å². The molecule has 6 nitrogen and oxygen atoms in total. The molecule has 0 aliphatic rings. The molecule has 6 heteroatoms. The number of carbonyl (C=O) groups is 2. The minimum Gasteiger partial charge on any atom is -0.462 e. The van der Waals surface area contributed by atoms with Gasteiger partial charge in [0.15, 0.2) is 0 Å². The zero-order valence-electron chi connectivity index (χ0n) is 37.2. The summed E-state index contributed by atoms with van der Waals surface area (Å²) in [5.41, 5.74) is 0. The molecule has 0 aromatic rings. The van der Waals surface area contributed by atoms with E-state index in [-0.39, 0.29) is 24.9 Å². The molecule has 0 saturated carbocycles. The molecular weight excluding hydrogens is 707 g/mol. The van der Waals surface area contributed by atoms with Crippen molar-refractivity contribution in [1.29, 1.82) is 0 Å². The van der Waals surface area contributed by atoms with Crippen LogP contribution in [0.4, 0.5) is 0 Å². The normalized spacial score (nSPS) is 14.0. The van der Waals surface area contributed by atoms with Gasteiger partial charge in [-0.3, -0.25) is 9.59 Å². The first kappa shape index (κ1) is 54.3. The number of esters is 1. The fraction of sp³-hybridized carbons (Fsp3) is 0.725. The Kier molecular flexibility index (Phi) is 42.3. The number of rotatable bonds is 41. The van der Waals surface area contributed by atoms with Gasteiger partial charge in [-0.15, -0.1) is 0 Å². The molecule has 0 aromatic heterocycles. The number of hydrogen-bond donors (Lipinski definition) is 3. The van der Waals surface area contributed by atoms with Crippen molar-refractivity contribution in [3.8, 4) is 0 Å². The Morgan fingerprint density at radius 2 is 0.947 bits per heavy atom. The fourth-order valence-corrected chi connectivity index (χ4v) is 6.84. The van der Waals surface area contributed by atoms with E-state index in [1.165, 1.54) is 83.5 Å². The van der Waals surface area contributed by atoms with Crippen LogP contribution >= 0.6 is 0 Å². The maximum absolute atomic E-state index is 13.1. The summed E-state index contributed by atoms with van der Waals surface area (Å²) in [6.07, 6.45) is 55.3. The largest absolute Gasteiger partial charge is 0.462 e. The van der Waals surface area contributed by atoms with E-state index in [0.717, 1.165) is 83.5 Å². The van der Waals surface area contributed by atoms with E-state index in [9.17, 15) is 19.8 Å². The van der Waals surface area contributed by atoms with E-state index in [1.54, 1.807) is 0 Å². The zero-order chi connectivity index (χ0) is 41.7. The summed E-state index contributed by atoms with van der Waals surface area (Å²) in [5.74, 6) is -0.528. The minimum absolute atomic E-state index is 0.0465. The lowest BCUT2D eigenvalue weighted by Crippen LogP contribution is -2.46. The Hall–Kier alpha value is -2.70. The van der Waals surface area contributed by atoms with E-state index in [0.29, 0.717) is 19.3 Å². The average Bonchev–Trinajstić information content (AvgIpc) is 3.20. The Balaban J connectivity index is 4.62. The molecule has 0 spiro atoms. The van der Waals surface area contributed by atoms with Crippen LogP contribution in [-0.4, -0.2) is 46.9 Å². The number of aliphatic hydroxyl groups excluding tert-OH is 2. The molecule has 0 aliphatic carbocycles. The number of aliphatic hydroxyl groups is 2. The molecule has 0 rings (SSSR count). The van der Waals surface area contributed by atoms with Gasteiger partial charge in [0.05, 0.1) is 25.2 Å². The quantitative estimate of drug-likeness (QED) is 0.0325. The van der Waals surface area contributed by atoms with Crippen molar-refractivity contribution in [1.82, 2.24) is 5.32 Å². The summed E-state index contributed by atoms with van der Waals surface area (Å²) in [4.78, 5) is 26.0. The van der Waals surface area contributed by atoms with Crippen molar-refractivity contribution in [3.63, 3.8) is 0 Å². The van der Waals surface area contributed by atoms with E-state index in [1.807, 2.05) is 12.2 Å². The average molecular weight is 796 g/mol. The van der Waals surface area contributed by atoms with Gasteiger partial charge >= 0.3 is 5.97 Å². The van der Waals surface area contributed by atoms with Crippen LogP contribution in [0.1, 0.15) is 213 Å². The van der Waals surface area contributed by atoms with E-state index >= 15 is 0 Å². The van der Waals surface area contributed by atoms with Crippen molar-refractivity contribution >= 4 is 11.9 Å². The molecule has 57 heavy (non-hydrogen) atoms. The van der Waals surface area contributed by atoms with Gasteiger partial charge in [0, 0.05) is 6.42 Å². The van der Waals surface area contributed by atoms with Gasteiger partial charge in [0.2, 0.25) is 5.91 Å². The lowest BCUT2D eigenvalue weighted by molar-refractivity contribution is -0.151. The molecule has 0 heterocycles. The molecule has 0 aliphatic heterocycles. The molecule has 0 radical (unpaired) electrons. The summed E-state index contributed by atoms with van der Waals surface area (Å²) in [6.45, 7) is 6.19. The third kappa shape index (κ3) is 39.9. The van der Waals surface area contributed by atoms with E-state index < -0.39 is 18.2 Å². The van der Waals surface area contributed by atoms with Crippen molar-refractivity contribution in [3.05, 3.63) is 72.9 Å². The van der Waals surface area contributed by atoms with Crippen molar-refractivity contribution < 1.29 is 24.5 Å². The zero-order valence-corrected chi connectivity index (χ0v) is 37.2. The number of carbonyl (C=O) groups excluding carboxylic acids is 2. The van der Waals surface area contributed by atoms with E-state index in [4.69, 9.17) is 4.74 Å². The molecule has 0 aromatic carbocycles. The molecule has 0 saturated heterocycles. The fourth-order valence-electron chi connectivity index (χ4n) is 6.84. The molecule has 1 amide bonds. The van der Waals surface area contributed by atoms with Crippen molar-refractivity contribution in [2.75, 3.05) is 6.61 Å². The summed E-state index contributed by atoms with van der Waals surface area (Å²) >= 11 is 0. The van der Waals surface area contributed by atoms with Gasteiger partial charge in [-0.25, -0.2) is 0 Å².